The summed E-state index contributed by atoms with van der Waals surface area (Å²) in [5, 5.41) is 8.68. The first-order valence-electron chi connectivity index (χ1n) is 4.56. The van der Waals surface area contributed by atoms with Gasteiger partial charge in [0.05, 0.1) is 6.33 Å². The van der Waals surface area contributed by atoms with Gasteiger partial charge in [-0.1, -0.05) is 0 Å². The van der Waals surface area contributed by atoms with Crippen LogP contribution >= 0.6 is 0 Å². The van der Waals surface area contributed by atoms with Crippen molar-refractivity contribution in [1.82, 2.24) is 9.55 Å². The molecule has 0 radical (unpaired) electrons. The van der Waals surface area contributed by atoms with Gasteiger partial charge in [0.25, 0.3) is 0 Å². The lowest BCUT2D eigenvalue weighted by atomic mass is 10.3. The molecule has 0 aromatic carbocycles. The van der Waals surface area contributed by atoms with E-state index in [-0.39, 0.29) is 5.76 Å². The maximum Gasteiger partial charge on any atom is 0.371 e. The number of imidazole rings is 1. The number of carboxylic acid groups (broad SMARTS) is 1. The molecule has 0 saturated carbocycles. The molecule has 2 rings (SSSR count). The van der Waals surface area contributed by atoms with Crippen LogP contribution in [-0.4, -0.2) is 20.6 Å². The first-order valence-corrected chi connectivity index (χ1v) is 4.56. The van der Waals surface area contributed by atoms with E-state index in [0.29, 0.717) is 11.5 Å². The summed E-state index contributed by atoms with van der Waals surface area (Å²) in [5.41, 5.74) is 0.643. The first-order chi connectivity index (χ1) is 7.20. The Bertz CT molecular complexity index is 484. The zero-order valence-electron chi connectivity index (χ0n) is 8.17. The second-order valence-electron chi connectivity index (χ2n) is 3.06. The van der Waals surface area contributed by atoms with Gasteiger partial charge in [-0.3, -0.25) is 0 Å². The molecule has 0 spiro atoms. The molecule has 5 heteroatoms. The fourth-order valence-corrected chi connectivity index (χ4v) is 1.25. The van der Waals surface area contributed by atoms with Crippen LogP contribution in [0, 0.1) is 0 Å². The molecule has 0 amide bonds. The molecule has 78 valence electrons. The Labute approximate surface area is 86.0 Å². The van der Waals surface area contributed by atoms with Crippen LogP contribution in [0.15, 0.2) is 29.1 Å². The molecular weight excluding hydrogens is 196 g/mol. The van der Waals surface area contributed by atoms with Crippen molar-refractivity contribution in [3.63, 3.8) is 0 Å². The van der Waals surface area contributed by atoms with Crippen LogP contribution in [0.25, 0.3) is 11.5 Å². The van der Waals surface area contributed by atoms with Gasteiger partial charge in [0.15, 0.2) is 5.76 Å². The Hall–Kier alpha value is -2.04. The summed E-state index contributed by atoms with van der Waals surface area (Å²) in [6.07, 6.45) is 3.49. The van der Waals surface area contributed by atoms with Gasteiger partial charge in [-0.15, -0.1) is 0 Å². The minimum Gasteiger partial charge on any atom is -0.475 e. The van der Waals surface area contributed by atoms with Crippen LogP contribution in [0.5, 0.6) is 0 Å². The van der Waals surface area contributed by atoms with Gasteiger partial charge in [-0.2, -0.15) is 0 Å². The highest BCUT2D eigenvalue weighted by molar-refractivity contribution is 5.85. The van der Waals surface area contributed by atoms with Gasteiger partial charge in [0.2, 0.25) is 5.76 Å². The number of hydrogen-bond donors (Lipinski definition) is 1. The third kappa shape index (κ3) is 1.76. The standard InChI is InChI=1S/C10H10N2O3/c1-2-12-5-7(11-6-12)8-3-4-9(15-8)10(13)14/h3-6H,2H2,1H3,(H,13,14). The summed E-state index contributed by atoms with van der Waals surface area (Å²) in [6, 6.07) is 3.02. The molecular formula is C10H10N2O3. The van der Waals surface area contributed by atoms with E-state index in [1.165, 1.54) is 6.07 Å². The molecule has 0 fully saturated rings. The van der Waals surface area contributed by atoms with Gasteiger partial charge in [-0.05, 0) is 19.1 Å². The molecule has 2 aromatic heterocycles. The molecule has 0 aliphatic heterocycles. The Balaban J connectivity index is 2.32. The predicted molar refractivity (Wildman–Crippen MR) is 52.6 cm³/mol. The zero-order chi connectivity index (χ0) is 10.8. The van der Waals surface area contributed by atoms with Crippen LogP contribution in [0.3, 0.4) is 0 Å². The number of carbonyl (C=O) groups is 1. The third-order valence-corrected chi connectivity index (χ3v) is 2.07. The average molecular weight is 206 g/mol. The van der Waals surface area contributed by atoms with Gasteiger partial charge in [0, 0.05) is 12.7 Å². The number of hydrogen-bond acceptors (Lipinski definition) is 3. The van der Waals surface area contributed by atoms with Crippen molar-refractivity contribution >= 4 is 5.97 Å². The zero-order valence-corrected chi connectivity index (χ0v) is 8.17. The van der Waals surface area contributed by atoms with E-state index in [0.717, 1.165) is 6.54 Å². The topological polar surface area (TPSA) is 68.3 Å². The molecule has 0 unspecified atom stereocenters. The number of aromatic carboxylic acids is 1. The largest absolute Gasteiger partial charge is 0.475 e. The van der Waals surface area contributed by atoms with E-state index in [1.54, 1.807) is 12.4 Å². The van der Waals surface area contributed by atoms with E-state index < -0.39 is 5.97 Å². The molecule has 0 atom stereocenters. The molecule has 5 nitrogen and oxygen atoms in total. The van der Waals surface area contributed by atoms with Crippen molar-refractivity contribution in [3.8, 4) is 11.5 Å². The quantitative estimate of drug-likeness (QED) is 0.832. The molecule has 0 aliphatic rings. The Morgan fingerprint density at radius 1 is 1.60 bits per heavy atom. The SMILES string of the molecule is CCn1cnc(-c2ccc(C(=O)O)o2)c1. The van der Waals surface area contributed by atoms with Crippen LogP contribution in [-0.2, 0) is 6.54 Å². The van der Waals surface area contributed by atoms with E-state index >= 15 is 0 Å². The maximum atomic E-state index is 10.6. The predicted octanol–water partition coefficient (Wildman–Crippen LogP) is 1.86. The highest BCUT2D eigenvalue weighted by Crippen LogP contribution is 2.20. The highest BCUT2D eigenvalue weighted by Gasteiger charge is 2.11. The van der Waals surface area contributed by atoms with Gasteiger partial charge >= 0.3 is 5.97 Å². The number of rotatable bonds is 3. The Morgan fingerprint density at radius 2 is 2.40 bits per heavy atom. The summed E-state index contributed by atoms with van der Waals surface area (Å²) in [5.74, 6) is -0.674. The smallest absolute Gasteiger partial charge is 0.371 e. The summed E-state index contributed by atoms with van der Waals surface area (Å²) in [7, 11) is 0. The van der Waals surface area contributed by atoms with E-state index in [1.807, 2.05) is 17.7 Å². The van der Waals surface area contributed by atoms with Crippen LogP contribution < -0.4 is 0 Å². The van der Waals surface area contributed by atoms with E-state index in [9.17, 15) is 4.79 Å². The first kappa shape index (κ1) is 9.51. The number of aromatic nitrogens is 2. The van der Waals surface area contributed by atoms with Crippen molar-refractivity contribution in [2.24, 2.45) is 0 Å². The molecule has 15 heavy (non-hydrogen) atoms. The molecule has 2 aromatic rings. The van der Waals surface area contributed by atoms with Crippen LogP contribution in [0.4, 0.5) is 0 Å². The Kier molecular flexibility index (Phi) is 2.29. The van der Waals surface area contributed by atoms with Gasteiger partial charge < -0.3 is 14.1 Å². The third-order valence-electron chi connectivity index (χ3n) is 2.07. The molecule has 2 heterocycles. The van der Waals surface area contributed by atoms with Crippen molar-refractivity contribution < 1.29 is 14.3 Å². The van der Waals surface area contributed by atoms with Crippen molar-refractivity contribution in [3.05, 3.63) is 30.4 Å². The monoisotopic (exact) mass is 206 g/mol. The normalized spacial score (nSPS) is 10.5. The van der Waals surface area contributed by atoms with Crippen molar-refractivity contribution in [1.29, 1.82) is 0 Å². The average Bonchev–Trinajstić information content (AvgIpc) is 2.86. The maximum absolute atomic E-state index is 10.6. The van der Waals surface area contributed by atoms with Crippen molar-refractivity contribution in [2.75, 3.05) is 0 Å². The number of furan rings is 1. The number of carboxylic acids is 1. The lowest BCUT2D eigenvalue weighted by Crippen LogP contribution is -1.91. The molecule has 0 saturated heterocycles. The number of aryl methyl sites for hydroxylation is 1. The molecule has 0 aliphatic carbocycles. The minimum atomic E-state index is -1.07. The van der Waals surface area contributed by atoms with Crippen molar-refractivity contribution in [2.45, 2.75) is 13.5 Å². The van der Waals surface area contributed by atoms with E-state index in [4.69, 9.17) is 9.52 Å². The highest BCUT2D eigenvalue weighted by atomic mass is 16.4. The fraction of sp³-hybridized carbons (Fsp3) is 0.200. The lowest BCUT2D eigenvalue weighted by Gasteiger charge is -1.91. The Morgan fingerprint density at radius 3 is 2.93 bits per heavy atom. The van der Waals surface area contributed by atoms with Crippen LogP contribution in [0.2, 0.25) is 0 Å². The van der Waals surface area contributed by atoms with Gasteiger partial charge in [-0.25, -0.2) is 9.78 Å². The number of nitrogens with zero attached hydrogens (tertiary/aromatic N) is 2. The summed E-state index contributed by atoms with van der Waals surface area (Å²) in [6.45, 7) is 2.82. The lowest BCUT2D eigenvalue weighted by molar-refractivity contribution is 0.0663. The van der Waals surface area contributed by atoms with E-state index in [2.05, 4.69) is 4.98 Å². The summed E-state index contributed by atoms with van der Waals surface area (Å²) >= 11 is 0. The minimum absolute atomic E-state index is 0.0731. The second-order valence-corrected chi connectivity index (χ2v) is 3.06. The summed E-state index contributed by atoms with van der Waals surface area (Å²) in [4.78, 5) is 14.7. The van der Waals surface area contributed by atoms with Crippen LogP contribution in [0.1, 0.15) is 17.5 Å². The van der Waals surface area contributed by atoms with Gasteiger partial charge in [0.1, 0.15) is 5.69 Å². The molecule has 1 N–H and O–H groups in total. The second kappa shape index (κ2) is 3.61. The molecule has 0 bridgehead atoms. The fourth-order valence-electron chi connectivity index (χ4n) is 1.25. The summed E-state index contributed by atoms with van der Waals surface area (Å²) < 4.78 is 7.00.